The number of amides is 1. The van der Waals surface area contributed by atoms with E-state index in [1.54, 1.807) is 18.2 Å². The van der Waals surface area contributed by atoms with Crippen LogP contribution in [0.25, 0.3) is 11.0 Å². The van der Waals surface area contributed by atoms with E-state index in [9.17, 15) is 17.6 Å². The molecule has 0 spiro atoms. The van der Waals surface area contributed by atoms with E-state index in [1.165, 1.54) is 18.2 Å². The topological polar surface area (TPSA) is 105 Å². The van der Waals surface area contributed by atoms with Crippen LogP contribution in [-0.4, -0.2) is 50.6 Å². The number of fused-ring (bicyclic) bond motifs is 2. The fourth-order valence-corrected chi connectivity index (χ4v) is 5.75. The van der Waals surface area contributed by atoms with Crippen molar-refractivity contribution in [2.24, 2.45) is 5.92 Å². The quantitative estimate of drug-likeness (QED) is 0.522. The van der Waals surface area contributed by atoms with Gasteiger partial charge in [0.15, 0.2) is 5.58 Å². The average Bonchev–Trinajstić information content (AvgIpc) is 3.49. The van der Waals surface area contributed by atoms with Gasteiger partial charge in [0, 0.05) is 30.2 Å². The summed E-state index contributed by atoms with van der Waals surface area (Å²) in [5.41, 5.74) is 2.68. The van der Waals surface area contributed by atoms with Crippen LogP contribution in [0.4, 0.5) is 10.1 Å². The Hall–Kier alpha value is -2.82. The lowest BCUT2D eigenvalue weighted by molar-refractivity contribution is -0.115. The van der Waals surface area contributed by atoms with Crippen LogP contribution in [0, 0.1) is 11.7 Å². The van der Waals surface area contributed by atoms with Gasteiger partial charge in [0.05, 0.1) is 17.0 Å². The maximum atomic E-state index is 13.3. The number of carbonyl (C=O) groups is 1. The van der Waals surface area contributed by atoms with Crippen molar-refractivity contribution in [2.45, 2.75) is 30.6 Å². The Balaban J connectivity index is 1.10. The van der Waals surface area contributed by atoms with Gasteiger partial charge in [-0.3, -0.25) is 4.79 Å². The number of hydrogen-bond donors (Lipinski definition) is 2. The Bertz CT molecular complexity index is 1310. The first-order valence-corrected chi connectivity index (χ1v) is 12.5. The Morgan fingerprint density at radius 1 is 1.24 bits per heavy atom. The Morgan fingerprint density at radius 3 is 3.00 bits per heavy atom. The van der Waals surface area contributed by atoms with E-state index in [0.29, 0.717) is 23.4 Å². The van der Waals surface area contributed by atoms with Crippen molar-refractivity contribution >= 4 is 32.6 Å². The van der Waals surface area contributed by atoms with E-state index in [2.05, 4.69) is 20.1 Å². The Kier molecular flexibility index (Phi) is 5.90. The molecule has 10 heteroatoms. The summed E-state index contributed by atoms with van der Waals surface area (Å²) in [4.78, 5) is 14.0. The van der Waals surface area contributed by atoms with Gasteiger partial charge in [-0.25, -0.2) is 17.5 Å². The van der Waals surface area contributed by atoms with E-state index in [0.717, 1.165) is 50.0 Å². The van der Waals surface area contributed by atoms with Gasteiger partial charge < -0.3 is 14.7 Å². The zero-order chi connectivity index (χ0) is 23.0. The van der Waals surface area contributed by atoms with Crippen LogP contribution in [0.2, 0.25) is 0 Å². The molecule has 1 atom stereocenters. The molecule has 1 aromatic heterocycles. The maximum Gasteiger partial charge on any atom is 0.240 e. The number of hydrogen-bond acceptors (Lipinski definition) is 6. The summed E-state index contributed by atoms with van der Waals surface area (Å²) in [6.07, 6.45) is 2.76. The normalized spacial score (nSPS) is 18.7. The smallest absolute Gasteiger partial charge is 0.240 e. The Morgan fingerprint density at radius 2 is 2.12 bits per heavy atom. The van der Waals surface area contributed by atoms with Crippen molar-refractivity contribution in [3.05, 3.63) is 53.5 Å². The van der Waals surface area contributed by atoms with Gasteiger partial charge in [0.2, 0.25) is 15.9 Å². The molecule has 3 heterocycles. The average molecular weight is 473 g/mol. The molecule has 2 aliphatic rings. The number of rotatable bonds is 8. The zero-order valence-electron chi connectivity index (χ0n) is 18.0. The Labute approximate surface area is 191 Å². The molecule has 33 heavy (non-hydrogen) atoms. The first-order valence-electron chi connectivity index (χ1n) is 11.1. The predicted octanol–water partition coefficient (Wildman–Crippen LogP) is 2.69. The number of halogens is 1. The summed E-state index contributed by atoms with van der Waals surface area (Å²) in [6, 6.07) is 9.18. The van der Waals surface area contributed by atoms with Crippen molar-refractivity contribution in [3.63, 3.8) is 0 Å². The van der Waals surface area contributed by atoms with E-state index in [1.807, 2.05) is 0 Å². The minimum Gasteiger partial charge on any atom is -0.356 e. The number of aromatic nitrogens is 1. The van der Waals surface area contributed by atoms with Crippen LogP contribution in [0.1, 0.15) is 24.1 Å². The molecule has 2 aliphatic heterocycles. The zero-order valence-corrected chi connectivity index (χ0v) is 18.8. The van der Waals surface area contributed by atoms with Gasteiger partial charge in [-0.05, 0) is 74.2 Å². The van der Waals surface area contributed by atoms with Crippen LogP contribution in [0.3, 0.4) is 0 Å². The number of sulfonamides is 1. The lowest BCUT2D eigenvalue weighted by Crippen LogP contribution is -2.31. The standard InChI is InChI=1S/C23H25FN4O4S/c24-17-3-5-19-21(27-32-22(19)12-17)2-1-8-28-9-7-15(14-28)13-25-33(30,31)18-4-6-20-16(10-18)11-23(29)26-20/h3-6,10,12,15,25H,1-2,7-9,11,13-14H2,(H,26,29). The molecule has 2 aromatic carbocycles. The number of likely N-dealkylation sites (tertiary alicyclic amines) is 1. The minimum absolute atomic E-state index is 0.121. The summed E-state index contributed by atoms with van der Waals surface area (Å²) < 4.78 is 46.7. The van der Waals surface area contributed by atoms with Crippen LogP contribution in [0.15, 0.2) is 45.8 Å². The van der Waals surface area contributed by atoms with Crippen LogP contribution >= 0.6 is 0 Å². The molecular weight excluding hydrogens is 447 g/mol. The predicted molar refractivity (Wildman–Crippen MR) is 121 cm³/mol. The second-order valence-electron chi connectivity index (χ2n) is 8.72. The maximum absolute atomic E-state index is 13.3. The minimum atomic E-state index is -3.63. The number of carbonyl (C=O) groups excluding carboxylic acids is 1. The summed E-state index contributed by atoms with van der Waals surface area (Å²) in [5, 5.41) is 7.62. The lowest BCUT2D eigenvalue weighted by atomic mass is 10.1. The second kappa shape index (κ2) is 8.85. The molecule has 1 unspecified atom stereocenters. The SMILES string of the molecule is O=C1Cc2cc(S(=O)(=O)NCC3CCN(CCCc4noc5cc(F)ccc45)C3)ccc2N1. The fourth-order valence-electron chi connectivity index (χ4n) is 4.58. The molecule has 0 saturated carbocycles. The van der Waals surface area contributed by atoms with Crippen LogP contribution < -0.4 is 10.0 Å². The van der Waals surface area contributed by atoms with E-state index in [-0.39, 0.29) is 29.0 Å². The van der Waals surface area contributed by atoms with Crippen molar-refractivity contribution < 1.29 is 22.1 Å². The number of nitrogens with zero attached hydrogens (tertiary/aromatic N) is 2. The third-order valence-corrected chi connectivity index (χ3v) is 7.76. The third kappa shape index (κ3) is 4.78. The molecule has 1 fully saturated rings. The molecule has 0 radical (unpaired) electrons. The van der Waals surface area contributed by atoms with Crippen LogP contribution in [0.5, 0.6) is 0 Å². The molecule has 1 saturated heterocycles. The molecular formula is C23H25FN4O4S. The van der Waals surface area contributed by atoms with Crippen molar-refractivity contribution in [3.8, 4) is 0 Å². The first-order chi connectivity index (χ1) is 15.9. The van der Waals surface area contributed by atoms with Gasteiger partial charge in [0.1, 0.15) is 5.82 Å². The van der Waals surface area contributed by atoms with Crippen molar-refractivity contribution in [2.75, 3.05) is 31.5 Å². The van der Waals surface area contributed by atoms with E-state index in [4.69, 9.17) is 4.52 Å². The van der Waals surface area contributed by atoms with Gasteiger partial charge in [-0.15, -0.1) is 0 Å². The molecule has 5 rings (SSSR count). The van der Waals surface area contributed by atoms with Gasteiger partial charge in [-0.1, -0.05) is 5.16 Å². The van der Waals surface area contributed by atoms with Gasteiger partial charge in [0.25, 0.3) is 0 Å². The third-order valence-electron chi connectivity index (χ3n) is 6.34. The highest BCUT2D eigenvalue weighted by molar-refractivity contribution is 7.89. The molecule has 8 nitrogen and oxygen atoms in total. The van der Waals surface area contributed by atoms with E-state index >= 15 is 0 Å². The highest BCUT2D eigenvalue weighted by Crippen LogP contribution is 2.26. The van der Waals surface area contributed by atoms with Gasteiger partial charge in [-0.2, -0.15) is 0 Å². The molecule has 1 amide bonds. The highest BCUT2D eigenvalue weighted by atomic mass is 32.2. The number of benzene rings is 2. The monoisotopic (exact) mass is 472 g/mol. The van der Waals surface area contributed by atoms with E-state index < -0.39 is 10.0 Å². The summed E-state index contributed by atoms with van der Waals surface area (Å²) >= 11 is 0. The van der Waals surface area contributed by atoms with Crippen molar-refractivity contribution in [1.82, 2.24) is 14.8 Å². The highest BCUT2D eigenvalue weighted by Gasteiger charge is 2.26. The summed E-state index contributed by atoms with van der Waals surface area (Å²) in [7, 11) is -3.63. The number of anilines is 1. The van der Waals surface area contributed by atoms with Crippen molar-refractivity contribution in [1.29, 1.82) is 0 Å². The molecule has 2 N–H and O–H groups in total. The second-order valence-corrected chi connectivity index (χ2v) is 10.5. The van der Waals surface area contributed by atoms with Gasteiger partial charge >= 0.3 is 0 Å². The molecule has 0 bridgehead atoms. The first kappa shape index (κ1) is 22.0. The molecule has 174 valence electrons. The lowest BCUT2D eigenvalue weighted by Gasteiger charge is -2.16. The number of aryl methyl sites for hydroxylation is 1. The largest absolute Gasteiger partial charge is 0.356 e. The molecule has 0 aliphatic carbocycles. The van der Waals surface area contributed by atoms with Crippen LogP contribution in [-0.2, 0) is 27.7 Å². The molecule has 3 aromatic rings. The number of nitrogens with one attached hydrogen (secondary N) is 2. The summed E-state index contributed by atoms with van der Waals surface area (Å²) in [6.45, 7) is 3.01. The fraction of sp³-hybridized carbons (Fsp3) is 0.391. The summed E-state index contributed by atoms with van der Waals surface area (Å²) in [5.74, 6) is -0.218.